The Labute approximate surface area is 165 Å². The van der Waals surface area contributed by atoms with E-state index in [1.807, 2.05) is 0 Å². The molecule has 2 aromatic rings. The van der Waals surface area contributed by atoms with Crippen LogP contribution in [-0.4, -0.2) is 41.0 Å². The summed E-state index contributed by atoms with van der Waals surface area (Å²) in [5.74, 6) is 0. The van der Waals surface area contributed by atoms with E-state index in [0.717, 1.165) is 11.1 Å². The smallest absolute Gasteiger partial charge is 0.358 e. The maximum absolute atomic E-state index is 14.3. The molecular formula is C18H13F7N4O. The third kappa shape index (κ3) is 3.81. The van der Waals surface area contributed by atoms with Crippen LogP contribution < -0.4 is 5.32 Å². The Morgan fingerprint density at radius 3 is 2.37 bits per heavy atom. The summed E-state index contributed by atoms with van der Waals surface area (Å²) in [6, 6.07) is 4.99. The number of carbonyl (C=O) groups is 1. The lowest BCUT2D eigenvalue weighted by Crippen LogP contribution is -2.50. The molecule has 0 aliphatic carbocycles. The fourth-order valence-corrected chi connectivity index (χ4v) is 2.88. The molecule has 1 aromatic carbocycles. The molecule has 0 bridgehead atoms. The van der Waals surface area contributed by atoms with Gasteiger partial charge in [0.05, 0.1) is 12.8 Å². The second-order valence-electron chi connectivity index (χ2n) is 6.38. The number of anilines is 1. The number of rotatable bonds is 4. The Morgan fingerprint density at radius 2 is 1.80 bits per heavy atom. The number of hydrazone groups is 1. The van der Waals surface area contributed by atoms with Gasteiger partial charge in [0, 0.05) is 29.2 Å². The number of alkyl halides is 7. The van der Waals surface area contributed by atoms with E-state index >= 15 is 0 Å². The van der Waals surface area contributed by atoms with Gasteiger partial charge in [0.15, 0.2) is 12.5 Å². The summed E-state index contributed by atoms with van der Waals surface area (Å²) in [4.78, 5) is 15.2. The van der Waals surface area contributed by atoms with Gasteiger partial charge in [-0.05, 0) is 23.8 Å². The first-order valence-corrected chi connectivity index (χ1v) is 8.35. The molecule has 1 aliphatic rings. The Balaban J connectivity index is 1.98. The minimum absolute atomic E-state index is 0.0929. The van der Waals surface area contributed by atoms with Gasteiger partial charge in [0.1, 0.15) is 0 Å². The lowest BCUT2D eigenvalue weighted by Gasteiger charge is -2.35. The van der Waals surface area contributed by atoms with Crippen molar-refractivity contribution in [3.8, 4) is 0 Å². The van der Waals surface area contributed by atoms with Crippen molar-refractivity contribution in [1.82, 2.24) is 9.99 Å². The van der Waals surface area contributed by atoms with Crippen LogP contribution in [0.25, 0.3) is 0 Å². The molecule has 12 heteroatoms. The van der Waals surface area contributed by atoms with Crippen LogP contribution in [0.1, 0.15) is 16.7 Å². The molecule has 1 atom stereocenters. The average Bonchev–Trinajstić information content (AvgIpc) is 2.69. The molecule has 0 radical (unpaired) electrons. The van der Waals surface area contributed by atoms with E-state index in [9.17, 15) is 35.5 Å². The zero-order chi connectivity index (χ0) is 22.2. The number of aromatic nitrogens is 1. The van der Waals surface area contributed by atoms with E-state index < -0.39 is 29.8 Å². The van der Waals surface area contributed by atoms with E-state index in [0.29, 0.717) is 24.0 Å². The van der Waals surface area contributed by atoms with Gasteiger partial charge in [0.2, 0.25) is 0 Å². The van der Waals surface area contributed by atoms with Crippen molar-refractivity contribution in [3.63, 3.8) is 0 Å². The van der Waals surface area contributed by atoms with Crippen molar-refractivity contribution in [3.05, 3.63) is 59.4 Å². The number of nitrogens with zero attached hydrogens (tertiary/aromatic N) is 3. The van der Waals surface area contributed by atoms with Crippen LogP contribution in [0.2, 0.25) is 0 Å². The van der Waals surface area contributed by atoms with Crippen molar-refractivity contribution in [1.29, 1.82) is 0 Å². The van der Waals surface area contributed by atoms with Gasteiger partial charge in [-0.25, -0.2) is 4.39 Å². The molecule has 1 N–H and O–H groups in total. The van der Waals surface area contributed by atoms with Gasteiger partial charge in [-0.1, -0.05) is 12.1 Å². The highest BCUT2D eigenvalue weighted by Gasteiger charge is 2.73. The van der Waals surface area contributed by atoms with Crippen LogP contribution in [0.15, 0.2) is 47.8 Å². The van der Waals surface area contributed by atoms with E-state index in [4.69, 9.17) is 0 Å². The summed E-state index contributed by atoms with van der Waals surface area (Å²) in [5.41, 5.74) is -6.61. The lowest BCUT2D eigenvalue weighted by molar-refractivity contribution is -0.348. The fraction of sp³-hybridized carbons (Fsp3) is 0.278. The number of benzene rings is 1. The molecule has 1 aliphatic heterocycles. The number of halogens is 7. The van der Waals surface area contributed by atoms with Crippen LogP contribution in [0, 0.1) is 0 Å². The molecule has 3 rings (SSSR count). The summed E-state index contributed by atoms with van der Waals surface area (Å²) in [7, 11) is 0. The number of pyridine rings is 1. The van der Waals surface area contributed by atoms with Gasteiger partial charge < -0.3 is 5.32 Å². The average molecular weight is 434 g/mol. The maximum Gasteiger partial charge on any atom is 0.435 e. The van der Waals surface area contributed by atoms with Crippen molar-refractivity contribution in [2.24, 2.45) is 5.10 Å². The number of hydrogen-bond acceptors (Lipinski definition) is 5. The first-order chi connectivity index (χ1) is 14.0. The Bertz CT molecular complexity index is 930. The molecule has 1 unspecified atom stereocenters. The summed E-state index contributed by atoms with van der Waals surface area (Å²) in [6.07, 6.45) is -8.73. The zero-order valence-electron chi connectivity index (χ0n) is 14.9. The van der Waals surface area contributed by atoms with E-state index in [1.165, 1.54) is 18.6 Å². The van der Waals surface area contributed by atoms with E-state index in [-0.39, 0.29) is 17.8 Å². The largest absolute Gasteiger partial charge is 0.435 e. The number of carbonyl (C=O) groups excluding carboxylic acids is 1. The SMILES string of the molecule is O=CC1Nc2ccc(C(F)(C(F)(F)F)C(F)(F)F)cc2CN1N=Cc1cccnc1. The highest BCUT2D eigenvalue weighted by molar-refractivity contribution is 5.79. The highest BCUT2D eigenvalue weighted by Crippen LogP contribution is 2.53. The second kappa shape index (κ2) is 7.58. The molecule has 2 heterocycles. The van der Waals surface area contributed by atoms with Gasteiger partial charge in [0.25, 0.3) is 0 Å². The van der Waals surface area contributed by atoms with Crippen LogP contribution >= 0.6 is 0 Å². The quantitative estimate of drug-likeness (QED) is 0.446. The predicted molar refractivity (Wildman–Crippen MR) is 92.2 cm³/mol. The van der Waals surface area contributed by atoms with Crippen molar-refractivity contribution < 1.29 is 35.5 Å². The summed E-state index contributed by atoms with van der Waals surface area (Å²) < 4.78 is 92.5. The van der Waals surface area contributed by atoms with Crippen LogP contribution in [-0.2, 0) is 17.0 Å². The summed E-state index contributed by atoms with van der Waals surface area (Å²) in [6.45, 7) is -0.331. The molecule has 0 saturated carbocycles. The van der Waals surface area contributed by atoms with Crippen LogP contribution in [0.3, 0.4) is 0 Å². The van der Waals surface area contributed by atoms with Crippen molar-refractivity contribution in [2.45, 2.75) is 30.7 Å². The molecule has 0 saturated heterocycles. The minimum atomic E-state index is -6.22. The first kappa shape index (κ1) is 21.5. The maximum atomic E-state index is 14.3. The topological polar surface area (TPSA) is 57.6 Å². The summed E-state index contributed by atoms with van der Waals surface area (Å²) >= 11 is 0. The second-order valence-corrected chi connectivity index (χ2v) is 6.38. The number of nitrogens with one attached hydrogen (secondary N) is 1. The molecule has 160 valence electrons. The molecule has 1 aromatic heterocycles. The minimum Gasteiger partial charge on any atom is -0.358 e. The molecule has 0 fully saturated rings. The van der Waals surface area contributed by atoms with Gasteiger partial charge in [-0.15, -0.1) is 0 Å². The Hall–Kier alpha value is -3.18. The monoisotopic (exact) mass is 434 g/mol. The Kier molecular flexibility index (Phi) is 5.44. The molecule has 0 amide bonds. The standard InChI is InChI=1S/C18H13F7N4O/c19-16(17(20,21)22,18(23,24)25)13-3-4-14-12(6-13)9-29(15(10-30)28-14)27-8-11-2-1-5-26-7-11/h1-8,10,15,28H,9H2. The van der Waals surface area contributed by atoms with Crippen molar-refractivity contribution in [2.75, 3.05) is 5.32 Å². The van der Waals surface area contributed by atoms with Crippen LogP contribution in [0.5, 0.6) is 0 Å². The van der Waals surface area contributed by atoms with Crippen molar-refractivity contribution >= 4 is 18.2 Å². The number of hydrogen-bond donors (Lipinski definition) is 1. The first-order valence-electron chi connectivity index (χ1n) is 8.35. The Morgan fingerprint density at radius 1 is 1.10 bits per heavy atom. The third-order valence-corrected chi connectivity index (χ3v) is 4.41. The number of fused-ring (bicyclic) bond motifs is 1. The zero-order valence-corrected chi connectivity index (χ0v) is 14.9. The summed E-state index contributed by atoms with van der Waals surface area (Å²) in [5, 5.41) is 7.77. The van der Waals surface area contributed by atoms with Gasteiger partial charge in [-0.2, -0.15) is 31.4 Å². The predicted octanol–water partition coefficient (Wildman–Crippen LogP) is 4.16. The molecule has 30 heavy (non-hydrogen) atoms. The van der Waals surface area contributed by atoms with Crippen LogP contribution in [0.4, 0.5) is 36.4 Å². The lowest BCUT2D eigenvalue weighted by atomic mass is 9.91. The fourth-order valence-electron chi connectivity index (χ4n) is 2.88. The van der Waals surface area contributed by atoms with E-state index in [2.05, 4.69) is 15.4 Å². The molecular weight excluding hydrogens is 421 g/mol. The van der Waals surface area contributed by atoms with Gasteiger partial charge in [-0.3, -0.25) is 14.8 Å². The number of aldehydes is 1. The third-order valence-electron chi connectivity index (χ3n) is 4.41. The molecule has 0 spiro atoms. The molecule has 5 nitrogen and oxygen atoms in total. The normalized spacial score (nSPS) is 17.6. The highest BCUT2D eigenvalue weighted by atomic mass is 19.4. The van der Waals surface area contributed by atoms with E-state index in [1.54, 1.807) is 12.1 Å². The van der Waals surface area contributed by atoms with Gasteiger partial charge >= 0.3 is 18.0 Å².